The quantitative estimate of drug-likeness (QED) is 0.225. The molecule has 0 fully saturated rings. The highest BCUT2D eigenvalue weighted by molar-refractivity contribution is 7.15. The summed E-state index contributed by atoms with van der Waals surface area (Å²) in [6.07, 6.45) is -3.72. The van der Waals surface area contributed by atoms with Crippen LogP contribution in [0, 0.1) is 5.92 Å². The minimum atomic E-state index is -4.54. The van der Waals surface area contributed by atoms with Crippen LogP contribution < -0.4 is 17.0 Å². The van der Waals surface area contributed by atoms with Gasteiger partial charge in [-0.1, -0.05) is 37.6 Å². The molecule has 0 saturated carbocycles. The molecule has 39 heavy (non-hydrogen) atoms. The number of rotatable bonds is 8. The number of carbonyl (C=O) groups is 1. The third-order valence-electron chi connectivity index (χ3n) is 6.03. The summed E-state index contributed by atoms with van der Waals surface area (Å²) in [6, 6.07) is 8.96. The second-order valence-corrected chi connectivity index (χ2v) is 10.7. The van der Waals surface area contributed by atoms with Crippen molar-refractivity contribution in [2.24, 2.45) is 11.7 Å². The summed E-state index contributed by atoms with van der Waals surface area (Å²) in [7, 11) is 0. The molecule has 0 aliphatic rings. The van der Waals surface area contributed by atoms with E-state index in [1.165, 1.54) is 16.7 Å². The molecule has 0 saturated heterocycles. The molecule has 0 spiro atoms. The molecule has 2 heterocycles. The Morgan fingerprint density at radius 1 is 1.21 bits per heavy atom. The first-order chi connectivity index (χ1) is 18.3. The SMILES string of the molecule is CC(C)C(N)C(=O)OCCc1nc2cc(-c3ncc(C(F)(F)F)s3)c(N)cc2c(=O)n1Cc1ccc(Cl)cc1. The van der Waals surface area contributed by atoms with Crippen LogP contribution in [0.3, 0.4) is 0 Å². The van der Waals surface area contributed by atoms with E-state index in [4.69, 9.17) is 27.8 Å². The highest BCUT2D eigenvalue weighted by atomic mass is 35.5. The summed E-state index contributed by atoms with van der Waals surface area (Å²) in [5.74, 6) is -0.386. The molecule has 4 aromatic rings. The summed E-state index contributed by atoms with van der Waals surface area (Å²) in [4.78, 5) is 33.5. The lowest BCUT2D eigenvalue weighted by molar-refractivity contribution is -0.146. The zero-order chi connectivity index (χ0) is 28.5. The zero-order valence-corrected chi connectivity index (χ0v) is 22.5. The Hall–Kier alpha value is -3.48. The van der Waals surface area contributed by atoms with Crippen LogP contribution in [0.4, 0.5) is 18.9 Å². The van der Waals surface area contributed by atoms with Crippen molar-refractivity contribution in [1.29, 1.82) is 0 Å². The average molecular weight is 580 g/mol. The largest absolute Gasteiger partial charge is 0.464 e. The summed E-state index contributed by atoms with van der Waals surface area (Å²) >= 11 is 6.44. The summed E-state index contributed by atoms with van der Waals surface area (Å²) in [6.45, 7) is 3.66. The summed E-state index contributed by atoms with van der Waals surface area (Å²) in [5.41, 5.74) is 12.9. The third kappa shape index (κ3) is 6.40. The monoisotopic (exact) mass is 579 g/mol. The fraction of sp³-hybridized carbons (Fsp3) is 0.308. The van der Waals surface area contributed by atoms with Crippen molar-refractivity contribution < 1.29 is 22.7 Å². The Labute approximate surface area is 230 Å². The number of nitrogen functional groups attached to an aromatic ring is 1. The van der Waals surface area contributed by atoms with Crippen molar-refractivity contribution in [2.45, 2.75) is 39.0 Å². The van der Waals surface area contributed by atoms with Gasteiger partial charge >= 0.3 is 12.1 Å². The fourth-order valence-corrected chi connectivity index (χ4v) is 4.73. The van der Waals surface area contributed by atoms with Crippen LogP contribution in [0.1, 0.15) is 30.1 Å². The second kappa shape index (κ2) is 11.3. The van der Waals surface area contributed by atoms with Gasteiger partial charge in [0.15, 0.2) is 0 Å². The molecule has 4 N–H and O–H groups in total. The number of nitrogens with zero attached hydrogens (tertiary/aromatic N) is 3. The Bertz CT molecular complexity index is 1570. The van der Waals surface area contributed by atoms with E-state index < -0.39 is 28.6 Å². The number of hydrogen-bond acceptors (Lipinski definition) is 8. The van der Waals surface area contributed by atoms with E-state index in [0.29, 0.717) is 22.2 Å². The van der Waals surface area contributed by atoms with E-state index in [9.17, 15) is 22.8 Å². The number of ether oxygens (including phenoxy) is 1. The van der Waals surface area contributed by atoms with Gasteiger partial charge in [-0.2, -0.15) is 13.2 Å². The van der Waals surface area contributed by atoms with Gasteiger partial charge in [-0.3, -0.25) is 14.2 Å². The van der Waals surface area contributed by atoms with Gasteiger partial charge in [-0.25, -0.2) is 9.97 Å². The predicted molar refractivity (Wildman–Crippen MR) is 145 cm³/mol. The summed E-state index contributed by atoms with van der Waals surface area (Å²) in [5, 5.41) is 0.764. The molecule has 2 aromatic carbocycles. The number of anilines is 1. The number of benzene rings is 2. The molecule has 206 valence electrons. The van der Waals surface area contributed by atoms with Crippen molar-refractivity contribution in [3.63, 3.8) is 0 Å². The molecule has 0 bridgehead atoms. The maximum absolute atomic E-state index is 13.6. The molecule has 0 amide bonds. The first-order valence-corrected chi connectivity index (χ1v) is 13.1. The standard InChI is InChI=1S/C26H25ClF3N5O3S/c1-13(2)22(32)25(37)38-8-7-21-34-19-10-16(23-33-11-20(39-23)26(28,29)30)18(31)9-17(19)24(36)35(21)12-14-3-5-15(27)6-4-14/h3-6,9-11,13,22H,7-8,12,31-32H2,1-2H3. The Balaban J connectivity index is 1.76. The molecule has 13 heteroatoms. The number of halogens is 4. The van der Waals surface area contributed by atoms with E-state index in [1.807, 2.05) is 0 Å². The van der Waals surface area contributed by atoms with Crippen LogP contribution in [0.15, 0.2) is 47.4 Å². The van der Waals surface area contributed by atoms with Crippen LogP contribution in [0.25, 0.3) is 21.5 Å². The van der Waals surface area contributed by atoms with Gasteiger partial charge < -0.3 is 16.2 Å². The molecule has 4 rings (SSSR count). The molecular formula is C26H25ClF3N5O3S. The molecule has 0 aliphatic heterocycles. The maximum Gasteiger partial charge on any atom is 0.427 e. The van der Waals surface area contributed by atoms with Gasteiger partial charge in [0, 0.05) is 22.7 Å². The van der Waals surface area contributed by atoms with Crippen molar-refractivity contribution in [1.82, 2.24) is 14.5 Å². The fourth-order valence-electron chi connectivity index (χ4n) is 3.78. The lowest BCUT2D eigenvalue weighted by Gasteiger charge is -2.17. The molecule has 0 aliphatic carbocycles. The van der Waals surface area contributed by atoms with Crippen LogP contribution in [-0.4, -0.2) is 33.2 Å². The number of fused-ring (bicyclic) bond motifs is 1. The van der Waals surface area contributed by atoms with Crippen molar-refractivity contribution in [3.05, 3.63) is 74.2 Å². The molecular weight excluding hydrogens is 555 g/mol. The minimum absolute atomic E-state index is 0.0482. The smallest absolute Gasteiger partial charge is 0.427 e. The molecule has 0 radical (unpaired) electrons. The second-order valence-electron chi connectivity index (χ2n) is 9.22. The highest BCUT2D eigenvalue weighted by Gasteiger charge is 2.33. The first kappa shape index (κ1) is 28.5. The lowest BCUT2D eigenvalue weighted by Crippen LogP contribution is -2.37. The number of carbonyl (C=O) groups excluding carboxylic acids is 1. The molecule has 2 aromatic heterocycles. The number of nitrogens with two attached hydrogens (primary N) is 2. The van der Waals surface area contributed by atoms with Gasteiger partial charge in [0.1, 0.15) is 21.8 Å². The van der Waals surface area contributed by atoms with Crippen LogP contribution in [0.2, 0.25) is 5.02 Å². The molecule has 1 atom stereocenters. The molecule has 1 unspecified atom stereocenters. The Morgan fingerprint density at radius 2 is 1.90 bits per heavy atom. The number of thiazole rings is 1. The lowest BCUT2D eigenvalue weighted by atomic mass is 10.1. The van der Waals surface area contributed by atoms with Gasteiger partial charge in [0.05, 0.1) is 30.3 Å². The van der Waals surface area contributed by atoms with Crippen molar-refractivity contribution in [3.8, 4) is 10.6 Å². The van der Waals surface area contributed by atoms with E-state index in [0.717, 1.165) is 11.8 Å². The van der Waals surface area contributed by atoms with Gasteiger partial charge in [0.25, 0.3) is 5.56 Å². The first-order valence-electron chi connectivity index (χ1n) is 11.9. The minimum Gasteiger partial charge on any atom is -0.464 e. The van der Waals surface area contributed by atoms with Gasteiger partial charge in [0.2, 0.25) is 0 Å². The zero-order valence-electron chi connectivity index (χ0n) is 21.0. The average Bonchev–Trinajstić information content (AvgIpc) is 3.38. The van der Waals surface area contributed by atoms with Crippen molar-refractivity contribution >= 4 is 45.5 Å². The summed E-state index contributed by atoms with van der Waals surface area (Å²) < 4.78 is 46.1. The van der Waals surface area contributed by atoms with E-state index in [1.54, 1.807) is 38.1 Å². The third-order valence-corrected chi connectivity index (χ3v) is 7.36. The number of aromatic nitrogens is 3. The molecule has 8 nitrogen and oxygen atoms in total. The Kier molecular flexibility index (Phi) is 8.28. The van der Waals surface area contributed by atoms with Gasteiger partial charge in [-0.05, 0) is 35.7 Å². The predicted octanol–water partition coefficient (Wildman–Crippen LogP) is 4.89. The normalized spacial score (nSPS) is 12.7. The van der Waals surface area contributed by atoms with Crippen molar-refractivity contribution in [2.75, 3.05) is 12.3 Å². The van der Waals surface area contributed by atoms with E-state index >= 15 is 0 Å². The van der Waals surface area contributed by atoms with Crippen LogP contribution in [0.5, 0.6) is 0 Å². The number of hydrogen-bond donors (Lipinski definition) is 2. The topological polar surface area (TPSA) is 126 Å². The van der Waals surface area contributed by atoms with Crippen LogP contribution >= 0.6 is 22.9 Å². The van der Waals surface area contributed by atoms with E-state index in [-0.39, 0.29) is 52.7 Å². The van der Waals surface area contributed by atoms with E-state index in [2.05, 4.69) is 9.97 Å². The number of esters is 1. The number of alkyl halides is 3. The van der Waals surface area contributed by atoms with Gasteiger partial charge in [-0.15, -0.1) is 11.3 Å². The Morgan fingerprint density at radius 3 is 2.51 bits per heavy atom. The maximum atomic E-state index is 13.6. The highest BCUT2D eigenvalue weighted by Crippen LogP contribution is 2.38. The van der Waals surface area contributed by atoms with Crippen LogP contribution in [-0.2, 0) is 28.7 Å².